The van der Waals surface area contributed by atoms with Crippen LogP contribution in [-0.4, -0.2) is 16.1 Å². The van der Waals surface area contributed by atoms with Crippen molar-refractivity contribution < 1.29 is 9.90 Å². The monoisotopic (exact) mass is 493 g/mol. The number of urea groups is 1. The van der Waals surface area contributed by atoms with Gasteiger partial charge in [0.15, 0.2) is 0 Å². The molecular weight excluding hydrogens is 462 g/mol. The number of hydrogen-bond acceptors (Lipinski definition) is 5. The fourth-order valence-electron chi connectivity index (χ4n) is 4.22. The number of pyridine rings is 1. The highest BCUT2D eigenvalue weighted by Crippen LogP contribution is 2.39. The third-order valence-electron chi connectivity index (χ3n) is 6.05. The Kier molecular flexibility index (Phi) is 7.45. The molecule has 0 saturated carbocycles. The van der Waals surface area contributed by atoms with Gasteiger partial charge < -0.3 is 10.4 Å². The van der Waals surface area contributed by atoms with E-state index in [0.717, 1.165) is 63.5 Å². The second-order valence-corrected chi connectivity index (χ2v) is 11.0. The number of aliphatic hydroxyl groups is 1. The highest BCUT2D eigenvalue weighted by atomic mass is 32.2. The van der Waals surface area contributed by atoms with E-state index in [4.69, 9.17) is 0 Å². The Balaban J connectivity index is 1.62. The van der Waals surface area contributed by atoms with Crippen LogP contribution in [0.15, 0.2) is 46.1 Å². The largest absolute Gasteiger partial charge is 0.386 e. The first-order chi connectivity index (χ1) is 16.3. The normalized spacial score (nSPS) is 13.3. The Bertz CT molecular complexity index is 1230. The van der Waals surface area contributed by atoms with Crippen molar-refractivity contribution in [3.63, 3.8) is 0 Å². The van der Waals surface area contributed by atoms with Gasteiger partial charge in [0.05, 0.1) is 15.5 Å². The number of fused-ring (bicyclic) bond motifs is 1. The van der Waals surface area contributed by atoms with Gasteiger partial charge in [0.2, 0.25) is 0 Å². The van der Waals surface area contributed by atoms with Crippen LogP contribution in [0.25, 0.3) is 17.2 Å². The van der Waals surface area contributed by atoms with E-state index in [1.165, 1.54) is 34.4 Å². The van der Waals surface area contributed by atoms with Crippen LogP contribution in [0, 0.1) is 6.92 Å². The van der Waals surface area contributed by atoms with Gasteiger partial charge in [-0.2, -0.15) is 0 Å². The molecule has 0 bridgehead atoms. The lowest BCUT2D eigenvalue weighted by atomic mass is 9.93. The van der Waals surface area contributed by atoms with Gasteiger partial charge >= 0.3 is 6.03 Å². The summed E-state index contributed by atoms with van der Waals surface area (Å²) in [5.74, 6) is 0. The maximum Gasteiger partial charge on any atom is 0.329 e. The van der Waals surface area contributed by atoms with E-state index in [0.29, 0.717) is 0 Å². The highest BCUT2D eigenvalue weighted by molar-refractivity contribution is 7.99. The molecule has 178 valence electrons. The molecule has 0 unspecified atom stereocenters. The van der Waals surface area contributed by atoms with Crippen molar-refractivity contribution in [2.24, 2.45) is 0 Å². The quantitative estimate of drug-likeness (QED) is 0.307. The number of aromatic nitrogens is 1. The number of allylic oxidation sites excluding steroid dienone is 1. The van der Waals surface area contributed by atoms with Gasteiger partial charge in [-0.1, -0.05) is 31.2 Å². The number of carbonyl (C=O) groups is 1. The number of rotatable bonds is 7. The molecule has 3 N–H and O–H groups in total. The molecule has 5 nitrogen and oxygen atoms in total. The lowest BCUT2D eigenvalue weighted by Gasteiger charge is -2.18. The molecule has 0 fully saturated rings. The number of nitrogens with zero attached hydrogens (tertiary/aromatic N) is 1. The SMILES string of the molecule is CC/C=C\c1c(-c2ccc3c(c2NC(=O)NSc2cc(C(C)(C)O)cs2)CCC3)ccnc1C. The Morgan fingerprint density at radius 2 is 2.09 bits per heavy atom. The average Bonchev–Trinajstić information content (AvgIpc) is 3.47. The summed E-state index contributed by atoms with van der Waals surface area (Å²) in [5.41, 5.74) is 7.48. The van der Waals surface area contributed by atoms with Gasteiger partial charge in [0, 0.05) is 23.0 Å². The Labute approximate surface area is 209 Å². The van der Waals surface area contributed by atoms with Crippen molar-refractivity contribution in [3.05, 3.63) is 69.9 Å². The minimum absolute atomic E-state index is 0.263. The Hall–Kier alpha value is -2.61. The van der Waals surface area contributed by atoms with Crippen molar-refractivity contribution in [1.29, 1.82) is 0 Å². The number of hydrogen-bond donors (Lipinski definition) is 3. The molecule has 0 atom stereocenters. The van der Waals surface area contributed by atoms with Crippen LogP contribution in [0.2, 0.25) is 0 Å². The van der Waals surface area contributed by atoms with Gasteiger partial charge in [-0.25, -0.2) is 4.79 Å². The summed E-state index contributed by atoms with van der Waals surface area (Å²) in [6.45, 7) is 7.65. The standard InChI is InChI=1S/C27H31N3O2S2/c1-5-6-9-20-17(2)28-14-13-22(20)23-12-11-18-8-7-10-21(18)25(23)29-26(31)30-34-24-15-19(16-33-24)27(3,4)32/h6,9,11-16,32H,5,7-8,10H2,1-4H3,(H2,29,30,31)/b9-6-. The van der Waals surface area contributed by atoms with E-state index in [1.807, 2.05) is 30.6 Å². The molecule has 1 aliphatic carbocycles. The van der Waals surface area contributed by atoms with Crippen molar-refractivity contribution in [3.8, 4) is 11.1 Å². The molecule has 0 radical (unpaired) electrons. The Morgan fingerprint density at radius 3 is 2.82 bits per heavy atom. The maximum absolute atomic E-state index is 13.0. The number of benzene rings is 1. The van der Waals surface area contributed by atoms with Gasteiger partial charge in [0.25, 0.3) is 0 Å². The molecule has 34 heavy (non-hydrogen) atoms. The van der Waals surface area contributed by atoms with E-state index in [2.05, 4.69) is 46.2 Å². The van der Waals surface area contributed by atoms with Crippen LogP contribution in [0.1, 0.15) is 61.6 Å². The Morgan fingerprint density at radius 1 is 1.26 bits per heavy atom. The molecule has 1 aromatic carbocycles. The van der Waals surface area contributed by atoms with Gasteiger partial charge in [0.1, 0.15) is 0 Å². The predicted octanol–water partition coefficient (Wildman–Crippen LogP) is 7.09. The second kappa shape index (κ2) is 10.3. The smallest absolute Gasteiger partial charge is 0.329 e. The van der Waals surface area contributed by atoms with Crippen molar-refractivity contribution in [1.82, 2.24) is 9.71 Å². The third-order valence-corrected chi connectivity index (χ3v) is 7.91. The van der Waals surface area contributed by atoms with Crippen molar-refractivity contribution in [2.45, 2.75) is 63.2 Å². The van der Waals surface area contributed by atoms with Gasteiger partial charge in [-0.15, -0.1) is 11.3 Å². The molecular formula is C27H31N3O2S2. The number of amides is 2. The van der Waals surface area contributed by atoms with Gasteiger partial charge in [-0.3, -0.25) is 9.71 Å². The minimum Gasteiger partial charge on any atom is -0.386 e. The third kappa shape index (κ3) is 5.37. The van der Waals surface area contributed by atoms with Crippen LogP contribution < -0.4 is 10.0 Å². The van der Waals surface area contributed by atoms with Crippen LogP contribution in [0.5, 0.6) is 0 Å². The predicted molar refractivity (Wildman–Crippen MR) is 143 cm³/mol. The zero-order valence-electron chi connectivity index (χ0n) is 20.1. The zero-order valence-corrected chi connectivity index (χ0v) is 21.7. The lowest BCUT2D eigenvalue weighted by Crippen LogP contribution is -2.23. The summed E-state index contributed by atoms with van der Waals surface area (Å²) in [7, 11) is 0. The number of anilines is 1. The first-order valence-corrected chi connectivity index (χ1v) is 13.3. The summed E-state index contributed by atoms with van der Waals surface area (Å²) in [6, 6.07) is 8.00. The summed E-state index contributed by atoms with van der Waals surface area (Å²) in [4.78, 5) is 17.5. The van der Waals surface area contributed by atoms with E-state index in [9.17, 15) is 9.90 Å². The topological polar surface area (TPSA) is 74.2 Å². The molecule has 7 heteroatoms. The molecule has 2 aromatic heterocycles. The van der Waals surface area contributed by atoms with Crippen molar-refractivity contribution in [2.75, 3.05) is 5.32 Å². The zero-order chi connectivity index (χ0) is 24.3. The molecule has 0 aliphatic heterocycles. The van der Waals surface area contributed by atoms with Crippen LogP contribution in [0.3, 0.4) is 0 Å². The second-order valence-electron chi connectivity index (χ2n) is 9.02. The van der Waals surface area contributed by atoms with Crippen LogP contribution in [-0.2, 0) is 18.4 Å². The maximum atomic E-state index is 13.0. The molecule has 4 rings (SSSR count). The van der Waals surface area contributed by atoms with E-state index in [-0.39, 0.29) is 6.03 Å². The summed E-state index contributed by atoms with van der Waals surface area (Å²) >= 11 is 2.76. The number of thiophene rings is 1. The minimum atomic E-state index is -0.899. The molecule has 2 amide bonds. The van der Waals surface area contributed by atoms with E-state index < -0.39 is 5.60 Å². The lowest BCUT2D eigenvalue weighted by molar-refractivity contribution is 0.0789. The summed E-state index contributed by atoms with van der Waals surface area (Å²) in [6.07, 6.45) is 10.1. The van der Waals surface area contributed by atoms with Gasteiger partial charge in [-0.05, 0) is 98.2 Å². The molecule has 2 heterocycles. The number of aryl methyl sites for hydroxylation is 2. The highest BCUT2D eigenvalue weighted by Gasteiger charge is 2.22. The fraction of sp³-hybridized carbons (Fsp3) is 0.333. The molecule has 1 aliphatic rings. The summed E-state index contributed by atoms with van der Waals surface area (Å²) in [5, 5.41) is 15.3. The molecule has 3 aromatic rings. The number of carbonyl (C=O) groups excluding carboxylic acids is 1. The fourth-order valence-corrected chi connectivity index (χ4v) is 5.91. The molecule has 0 spiro atoms. The summed E-state index contributed by atoms with van der Waals surface area (Å²) < 4.78 is 3.83. The first kappa shape index (κ1) is 24.5. The van der Waals surface area contributed by atoms with Crippen molar-refractivity contribution >= 4 is 41.1 Å². The molecule has 0 saturated heterocycles. The first-order valence-electron chi connectivity index (χ1n) is 11.6. The van der Waals surface area contributed by atoms with E-state index in [1.54, 1.807) is 13.8 Å². The van der Waals surface area contributed by atoms with E-state index >= 15 is 0 Å². The number of nitrogens with one attached hydrogen (secondary N) is 2. The van der Waals surface area contributed by atoms with Crippen LogP contribution in [0.4, 0.5) is 10.5 Å². The average molecular weight is 494 g/mol. The van der Waals surface area contributed by atoms with Crippen LogP contribution >= 0.6 is 23.3 Å².